The number of hydrogen-bond donors (Lipinski definition) is 0. The number of piperazine rings is 1. The van der Waals surface area contributed by atoms with Gasteiger partial charge in [-0.15, -0.1) is 0 Å². The summed E-state index contributed by atoms with van der Waals surface area (Å²) in [5, 5.41) is 10.5. The van der Waals surface area contributed by atoms with Gasteiger partial charge in [-0.25, -0.2) is 0 Å². The summed E-state index contributed by atoms with van der Waals surface area (Å²) >= 11 is 0. The van der Waals surface area contributed by atoms with Crippen LogP contribution in [0.4, 0.5) is 0 Å². The molecular formula is C15H19N5O. The van der Waals surface area contributed by atoms with Crippen LogP contribution in [0, 0.1) is 0 Å². The van der Waals surface area contributed by atoms with Gasteiger partial charge in [-0.2, -0.15) is 5.10 Å². The highest BCUT2D eigenvalue weighted by molar-refractivity contribution is 5.57. The molecule has 1 saturated heterocycles. The Morgan fingerprint density at radius 2 is 2.19 bits per heavy atom. The molecule has 0 atom stereocenters. The largest absolute Gasteiger partial charge is 0.359 e. The van der Waals surface area contributed by atoms with E-state index in [1.807, 2.05) is 31.3 Å². The first-order chi connectivity index (χ1) is 10.3. The van der Waals surface area contributed by atoms with Crippen molar-refractivity contribution in [2.45, 2.75) is 13.5 Å². The topological polar surface area (TPSA) is 57.8 Å². The highest BCUT2D eigenvalue weighted by Gasteiger charge is 2.17. The Morgan fingerprint density at radius 3 is 2.90 bits per heavy atom. The predicted octanol–water partition coefficient (Wildman–Crippen LogP) is 1.86. The van der Waals surface area contributed by atoms with Crippen molar-refractivity contribution < 1.29 is 4.52 Å². The van der Waals surface area contributed by atoms with Crippen molar-refractivity contribution in [3.8, 4) is 11.3 Å². The molecule has 2 aromatic heterocycles. The molecule has 0 saturated carbocycles. The molecule has 1 aliphatic rings. The molecule has 110 valence electrons. The van der Waals surface area contributed by atoms with Crippen LogP contribution in [-0.2, 0) is 6.54 Å². The minimum atomic E-state index is 0.789. The van der Waals surface area contributed by atoms with Crippen LogP contribution in [0.15, 0.2) is 40.2 Å². The Hall–Kier alpha value is -2.21. The molecule has 21 heavy (non-hydrogen) atoms. The molecule has 0 spiro atoms. The summed E-state index contributed by atoms with van der Waals surface area (Å²) in [5.41, 5.74) is 1.82. The van der Waals surface area contributed by atoms with Crippen molar-refractivity contribution >= 4 is 6.21 Å². The third-order valence-electron chi connectivity index (χ3n) is 3.52. The molecule has 0 radical (unpaired) electrons. The van der Waals surface area contributed by atoms with Gasteiger partial charge in [0.2, 0.25) is 0 Å². The first-order valence-electron chi connectivity index (χ1n) is 7.17. The van der Waals surface area contributed by atoms with Gasteiger partial charge in [0.15, 0.2) is 5.76 Å². The Bertz CT molecular complexity index is 587. The average Bonchev–Trinajstić information content (AvgIpc) is 2.99. The number of nitrogens with zero attached hydrogens (tertiary/aromatic N) is 5. The summed E-state index contributed by atoms with van der Waals surface area (Å²) in [6, 6.07) is 5.88. The summed E-state index contributed by atoms with van der Waals surface area (Å²) < 4.78 is 5.43. The van der Waals surface area contributed by atoms with Gasteiger partial charge in [0.05, 0.1) is 6.54 Å². The molecule has 1 aliphatic heterocycles. The van der Waals surface area contributed by atoms with Crippen molar-refractivity contribution in [1.82, 2.24) is 20.0 Å². The van der Waals surface area contributed by atoms with Crippen molar-refractivity contribution in [1.29, 1.82) is 0 Å². The van der Waals surface area contributed by atoms with Crippen molar-refractivity contribution in [2.75, 3.05) is 26.2 Å². The van der Waals surface area contributed by atoms with E-state index in [0.717, 1.165) is 49.7 Å². The third kappa shape index (κ3) is 3.46. The van der Waals surface area contributed by atoms with E-state index in [1.54, 1.807) is 12.4 Å². The lowest BCUT2D eigenvalue weighted by molar-refractivity contribution is 0.122. The Labute approximate surface area is 124 Å². The molecule has 0 unspecified atom stereocenters. The summed E-state index contributed by atoms with van der Waals surface area (Å²) in [6.45, 7) is 6.61. The van der Waals surface area contributed by atoms with E-state index < -0.39 is 0 Å². The van der Waals surface area contributed by atoms with Crippen molar-refractivity contribution in [3.63, 3.8) is 0 Å². The smallest absolute Gasteiger partial charge is 0.151 e. The minimum Gasteiger partial charge on any atom is -0.359 e. The van der Waals surface area contributed by atoms with Crippen LogP contribution < -0.4 is 0 Å². The van der Waals surface area contributed by atoms with Crippen molar-refractivity contribution in [3.05, 3.63) is 36.4 Å². The second-order valence-corrected chi connectivity index (χ2v) is 5.02. The molecule has 0 aromatic carbocycles. The standard InChI is InChI=1S/C15H19N5O/c1-2-17-20-8-6-19(7-9-20)12-14-10-15(18-21-14)13-4-3-5-16-11-13/h2-5,10-11H,6-9,12H2,1H3/b17-2-. The third-order valence-corrected chi connectivity index (χ3v) is 3.52. The monoisotopic (exact) mass is 285 g/mol. The minimum absolute atomic E-state index is 0.789. The zero-order valence-corrected chi connectivity index (χ0v) is 12.1. The number of pyridine rings is 1. The Balaban J connectivity index is 1.58. The first-order valence-corrected chi connectivity index (χ1v) is 7.17. The van der Waals surface area contributed by atoms with Gasteiger partial charge in [-0.05, 0) is 19.1 Å². The highest BCUT2D eigenvalue weighted by atomic mass is 16.5. The van der Waals surface area contributed by atoms with Gasteiger partial charge >= 0.3 is 0 Å². The normalized spacial score (nSPS) is 16.7. The Kier molecular flexibility index (Phi) is 4.25. The zero-order chi connectivity index (χ0) is 14.5. The van der Waals surface area contributed by atoms with E-state index in [9.17, 15) is 0 Å². The lowest BCUT2D eigenvalue weighted by atomic mass is 10.2. The van der Waals surface area contributed by atoms with E-state index >= 15 is 0 Å². The highest BCUT2D eigenvalue weighted by Crippen LogP contribution is 2.19. The zero-order valence-electron chi connectivity index (χ0n) is 12.1. The fourth-order valence-electron chi connectivity index (χ4n) is 2.43. The maximum absolute atomic E-state index is 5.43. The van der Waals surface area contributed by atoms with E-state index in [2.05, 4.69) is 25.2 Å². The van der Waals surface area contributed by atoms with Crippen LogP contribution >= 0.6 is 0 Å². The molecule has 3 heterocycles. The quantitative estimate of drug-likeness (QED) is 0.803. The lowest BCUT2D eigenvalue weighted by Gasteiger charge is -2.32. The summed E-state index contributed by atoms with van der Waals surface area (Å²) in [7, 11) is 0. The molecule has 3 rings (SSSR count). The van der Waals surface area contributed by atoms with Gasteiger partial charge in [0, 0.05) is 56.4 Å². The van der Waals surface area contributed by atoms with Gasteiger partial charge in [0.1, 0.15) is 5.69 Å². The molecular weight excluding hydrogens is 266 g/mol. The van der Waals surface area contributed by atoms with Crippen LogP contribution in [0.5, 0.6) is 0 Å². The van der Waals surface area contributed by atoms with E-state index in [1.165, 1.54) is 0 Å². The molecule has 0 amide bonds. The van der Waals surface area contributed by atoms with Gasteiger partial charge in [0.25, 0.3) is 0 Å². The number of aromatic nitrogens is 2. The second kappa shape index (κ2) is 6.49. The molecule has 0 N–H and O–H groups in total. The molecule has 0 bridgehead atoms. The first kappa shape index (κ1) is 13.8. The Morgan fingerprint density at radius 1 is 1.33 bits per heavy atom. The van der Waals surface area contributed by atoms with Gasteiger partial charge in [-0.3, -0.25) is 14.9 Å². The van der Waals surface area contributed by atoms with Crippen LogP contribution in [0.25, 0.3) is 11.3 Å². The number of rotatable bonds is 4. The SMILES string of the molecule is C/C=N\N1CCN(Cc2cc(-c3cccnc3)no2)CC1. The van der Waals surface area contributed by atoms with Crippen LogP contribution in [0.3, 0.4) is 0 Å². The van der Waals surface area contributed by atoms with Crippen LogP contribution in [0.2, 0.25) is 0 Å². The molecule has 6 heteroatoms. The predicted molar refractivity (Wildman–Crippen MR) is 80.8 cm³/mol. The van der Waals surface area contributed by atoms with Crippen molar-refractivity contribution in [2.24, 2.45) is 5.10 Å². The van der Waals surface area contributed by atoms with Crippen LogP contribution in [0.1, 0.15) is 12.7 Å². The maximum Gasteiger partial charge on any atom is 0.151 e. The summed E-state index contributed by atoms with van der Waals surface area (Å²) in [4.78, 5) is 6.46. The molecule has 2 aromatic rings. The fourth-order valence-corrected chi connectivity index (χ4v) is 2.43. The molecule has 1 fully saturated rings. The van der Waals surface area contributed by atoms with E-state index in [4.69, 9.17) is 4.52 Å². The fraction of sp³-hybridized carbons (Fsp3) is 0.400. The number of hydrogen-bond acceptors (Lipinski definition) is 6. The maximum atomic E-state index is 5.43. The molecule has 6 nitrogen and oxygen atoms in total. The van der Waals surface area contributed by atoms with E-state index in [0.29, 0.717) is 0 Å². The number of hydrazone groups is 1. The average molecular weight is 285 g/mol. The molecule has 0 aliphatic carbocycles. The lowest BCUT2D eigenvalue weighted by Crippen LogP contribution is -2.43. The summed E-state index contributed by atoms with van der Waals surface area (Å²) in [5.74, 6) is 0.890. The van der Waals surface area contributed by atoms with Gasteiger partial charge < -0.3 is 4.52 Å². The van der Waals surface area contributed by atoms with Gasteiger partial charge in [-0.1, -0.05) is 5.16 Å². The second-order valence-electron chi connectivity index (χ2n) is 5.02. The van der Waals surface area contributed by atoms with Crippen LogP contribution in [-0.4, -0.2) is 52.4 Å². The van der Waals surface area contributed by atoms with E-state index in [-0.39, 0.29) is 0 Å². The summed E-state index contributed by atoms with van der Waals surface area (Å²) in [6.07, 6.45) is 5.39.